The molecule has 0 spiro atoms. The van der Waals surface area contributed by atoms with Crippen molar-refractivity contribution in [3.05, 3.63) is 29.8 Å². The molecule has 1 aliphatic rings. The minimum atomic E-state index is -1.63. The smallest absolute Gasteiger partial charge is 0.303 e. The lowest BCUT2D eigenvalue weighted by atomic mass is 10.0. The third-order valence-electron chi connectivity index (χ3n) is 14.9. The zero-order valence-electron chi connectivity index (χ0n) is 55.5. The van der Waals surface area contributed by atoms with Crippen LogP contribution in [0.3, 0.4) is 0 Å². The van der Waals surface area contributed by atoms with Crippen LogP contribution in [0.15, 0.2) is 29.3 Å². The number of carbonyl (C=O) groups is 16. The molecule has 0 saturated carbocycles. The van der Waals surface area contributed by atoms with E-state index in [0.717, 1.165) is 4.90 Å². The Morgan fingerprint density at radius 1 is 0.526 bits per heavy atom. The molecule has 1 aromatic carbocycles. The summed E-state index contributed by atoms with van der Waals surface area (Å²) in [4.78, 5) is 213. The molecule has 24 N–H and O–H groups in total. The van der Waals surface area contributed by atoms with Crippen LogP contribution in [0.2, 0.25) is 0 Å². The Bertz CT molecular complexity index is 3000. The summed E-state index contributed by atoms with van der Waals surface area (Å²) in [6, 6.07) is -11.5. The number of hydrogen-bond donors (Lipinski definition) is 20. The number of rotatable bonds is 41. The molecular formula is C59H95N19O19. The van der Waals surface area contributed by atoms with Crippen molar-refractivity contribution in [1.29, 1.82) is 0 Å². The number of primary amides is 1. The third-order valence-corrected chi connectivity index (χ3v) is 14.9. The van der Waals surface area contributed by atoms with E-state index in [1.54, 1.807) is 0 Å². The highest BCUT2D eigenvalue weighted by molar-refractivity contribution is 6.00. The van der Waals surface area contributed by atoms with Gasteiger partial charge in [0.15, 0.2) is 5.96 Å². The van der Waals surface area contributed by atoms with E-state index < -0.39 is 199 Å². The summed E-state index contributed by atoms with van der Waals surface area (Å²) in [6.45, 7) is 8.79. The van der Waals surface area contributed by atoms with Crippen molar-refractivity contribution >= 4 is 101 Å². The molecule has 13 atom stereocenters. The van der Waals surface area contributed by atoms with E-state index in [-0.39, 0.29) is 63.4 Å². The number of nitrogens with two attached hydrogens (primary N) is 4. The second kappa shape index (κ2) is 41.5. The normalized spacial score (nSPS) is 16.1. The number of aliphatic hydroxyl groups is 1. The van der Waals surface area contributed by atoms with E-state index >= 15 is 0 Å². The number of nitrogens with one attached hydrogen (secondary N) is 13. The van der Waals surface area contributed by atoms with E-state index in [1.807, 2.05) is 0 Å². The lowest BCUT2D eigenvalue weighted by Crippen LogP contribution is -2.59. The maximum atomic E-state index is 13.8. The first-order valence-corrected chi connectivity index (χ1v) is 31.3. The predicted octanol–water partition coefficient (Wildman–Crippen LogP) is -8.46. The fourth-order valence-electron chi connectivity index (χ4n) is 9.27. The van der Waals surface area contributed by atoms with Gasteiger partial charge in [-0.25, -0.2) is 0 Å². The van der Waals surface area contributed by atoms with Crippen LogP contribution in [-0.4, -0.2) is 232 Å². The number of aliphatic hydroxyl groups excluding tert-OH is 1. The Morgan fingerprint density at radius 2 is 0.959 bits per heavy atom. The van der Waals surface area contributed by atoms with Crippen LogP contribution in [-0.2, 0) is 83.1 Å². The highest BCUT2D eigenvalue weighted by Crippen LogP contribution is 2.20. The molecule has 1 aromatic rings. The lowest BCUT2D eigenvalue weighted by Gasteiger charge is -2.29. The number of carbonyl (C=O) groups excluding carboxylic acids is 15. The summed E-state index contributed by atoms with van der Waals surface area (Å²) in [5.74, 6) is -14.4. The van der Waals surface area contributed by atoms with Gasteiger partial charge in [0.1, 0.15) is 84.3 Å². The lowest BCUT2D eigenvalue weighted by molar-refractivity contribution is -0.143. The molecule has 0 bridgehead atoms. The maximum absolute atomic E-state index is 13.8. The number of aliphatic carboxylic acids is 1. The van der Waals surface area contributed by atoms with Crippen molar-refractivity contribution in [2.24, 2.45) is 27.9 Å². The number of carboxylic acid groups (broad SMARTS) is 1. The van der Waals surface area contributed by atoms with Gasteiger partial charge >= 0.3 is 5.97 Å². The molecule has 540 valence electrons. The first kappa shape index (κ1) is 82.8. The Labute approximate surface area is 559 Å². The number of carboxylic acids is 1. The maximum Gasteiger partial charge on any atom is 0.303 e. The Morgan fingerprint density at radius 3 is 1.38 bits per heavy atom. The standard InChI is InChI=1S/C59H95N19O19/c1-28(47(86)66-29(2)48(87)69-33(6)52(91)75-38(46(61)85)14-11-23-64-59(62)63)67-50(89)31(4)71-55(94)39(13-9-10-22-60)76-53(92)34(7)70-49(88)30(3)68-51(90)32(5)72-56(95)40(20-21-45(83)84)77-57(96)43-15-12-24-78(43)58(97)42(27-79)74-44(82)26-65-54(93)41(73-35(8)80)25-36-16-18-37(81)19-17-36/h16-19,28-34,38-43,79,81H,9-15,20-27,60H2,1-8H3,(H2,61,85)(H,65,93)(H,66,86)(H,67,89)(H,68,90)(H,69,87)(H,70,88)(H,71,94)(H,72,95)(H,73,80)(H,74,82)(H,75,91)(H,76,92)(H,77,96)(H,83,84)(H4,62,63,64)/t28-,29-,30-,31-,32-,33-,34-,38+,39-,40-,41-,42-,43-/m0/s1. The second-order valence-electron chi connectivity index (χ2n) is 23.2. The van der Waals surface area contributed by atoms with Gasteiger partial charge in [0.05, 0.1) is 13.2 Å². The Hall–Kier alpha value is -10.3. The molecule has 97 heavy (non-hydrogen) atoms. The fourth-order valence-corrected chi connectivity index (χ4v) is 9.27. The van der Waals surface area contributed by atoms with Crippen molar-refractivity contribution in [2.45, 2.75) is 198 Å². The van der Waals surface area contributed by atoms with Crippen LogP contribution >= 0.6 is 0 Å². The molecule has 1 fully saturated rings. The fraction of sp³-hybridized carbons (Fsp3) is 0.610. The highest BCUT2D eigenvalue weighted by Gasteiger charge is 2.40. The van der Waals surface area contributed by atoms with E-state index in [1.165, 1.54) is 79.7 Å². The van der Waals surface area contributed by atoms with Crippen LogP contribution < -0.4 is 92.1 Å². The number of likely N-dealkylation sites (tertiary alicyclic amines) is 1. The van der Waals surface area contributed by atoms with Gasteiger partial charge in [-0.05, 0) is 124 Å². The number of amides is 15. The van der Waals surface area contributed by atoms with Crippen molar-refractivity contribution < 1.29 is 92.0 Å². The van der Waals surface area contributed by atoms with Crippen molar-refractivity contribution in [1.82, 2.24) is 74.0 Å². The Balaban J connectivity index is 2.00. The quantitative estimate of drug-likeness (QED) is 0.0164. The molecule has 0 aliphatic carbocycles. The van der Waals surface area contributed by atoms with Gasteiger partial charge < -0.3 is 112 Å². The average molecular weight is 1370 g/mol. The van der Waals surface area contributed by atoms with Gasteiger partial charge in [-0.3, -0.25) is 81.7 Å². The molecule has 15 amide bonds. The number of phenols is 1. The van der Waals surface area contributed by atoms with Crippen molar-refractivity contribution in [3.8, 4) is 5.75 Å². The number of aromatic hydroxyl groups is 1. The zero-order valence-corrected chi connectivity index (χ0v) is 55.5. The number of hydrogen-bond acceptors (Lipinski definition) is 20. The van der Waals surface area contributed by atoms with Crippen molar-refractivity contribution in [3.63, 3.8) is 0 Å². The van der Waals surface area contributed by atoms with Crippen molar-refractivity contribution in [2.75, 3.05) is 32.8 Å². The van der Waals surface area contributed by atoms with E-state index in [4.69, 9.17) is 22.9 Å². The van der Waals surface area contributed by atoms with Crippen LogP contribution in [0.4, 0.5) is 0 Å². The molecule has 0 radical (unpaired) electrons. The summed E-state index contributed by atoms with van der Waals surface area (Å²) < 4.78 is 0. The summed E-state index contributed by atoms with van der Waals surface area (Å²) in [5.41, 5.74) is 22.2. The molecule has 38 heteroatoms. The molecule has 2 rings (SSSR count). The van der Waals surface area contributed by atoms with Crippen LogP contribution in [0, 0.1) is 0 Å². The first-order chi connectivity index (χ1) is 45.5. The largest absolute Gasteiger partial charge is 0.508 e. The van der Waals surface area contributed by atoms with Gasteiger partial charge in [-0.2, -0.15) is 0 Å². The molecule has 38 nitrogen and oxygen atoms in total. The monoisotopic (exact) mass is 1370 g/mol. The topological polar surface area (TPSA) is 610 Å². The zero-order chi connectivity index (χ0) is 73.4. The average Bonchev–Trinajstić information content (AvgIpc) is 1.73. The summed E-state index contributed by atoms with van der Waals surface area (Å²) >= 11 is 0. The summed E-state index contributed by atoms with van der Waals surface area (Å²) in [6.07, 6.45) is 0.253. The van der Waals surface area contributed by atoms with Gasteiger partial charge in [-0.15, -0.1) is 0 Å². The summed E-state index contributed by atoms with van der Waals surface area (Å²) in [7, 11) is 0. The number of nitrogens with zero attached hydrogens (tertiary/aromatic N) is 2. The minimum Gasteiger partial charge on any atom is -0.508 e. The minimum absolute atomic E-state index is 0.0128. The van der Waals surface area contributed by atoms with Gasteiger partial charge in [-0.1, -0.05) is 12.1 Å². The number of unbranched alkanes of at least 4 members (excludes halogenated alkanes) is 1. The van der Waals surface area contributed by atoms with Gasteiger partial charge in [0.2, 0.25) is 88.6 Å². The second-order valence-corrected chi connectivity index (χ2v) is 23.2. The summed E-state index contributed by atoms with van der Waals surface area (Å²) in [5, 5.41) is 60.5. The molecule has 0 unspecified atom stereocenters. The van der Waals surface area contributed by atoms with Crippen LogP contribution in [0.5, 0.6) is 5.75 Å². The first-order valence-electron chi connectivity index (χ1n) is 31.3. The van der Waals surface area contributed by atoms with Gasteiger partial charge in [0.25, 0.3) is 0 Å². The number of aliphatic imine (C=N–C) groups is 1. The van der Waals surface area contributed by atoms with E-state index in [9.17, 15) is 92.0 Å². The molecular weight excluding hydrogens is 1280 g/mol. The number of guanidine groups is 1. The molecule has 1 heterocycles. The highest BCUT2D eigenvalue weighted by atomic mass is 16.4. The molecule has 1 aliphatic heterocycles. The van der Waals surface area contributed by atoms with Gasteiger partial charge in [0, 0.05) is 32.9 Å². The van der Waals surface area contributed by atoms with E-state index in [0.29, 0.717) is 24.8 Å². The number of phenolic OH excluding ortho intramolecular Hbond substituents is 1. The Kier molecular flexibility index (Phi) is 35.5. The third kappa shape index (κ3) is 29.9. The van der Waals surface area contributed by atoms with Crippen LogP contribution in [0.1, 0.15) is 119 Å². The SMILES string of the molecule is CC(=O)N[C@@H](Cc1ccc(O)cc1)C(=O)NCC(=O)N[C@@H](CO)C(=O)N1CCC[C@H]1C(=O)N[C@@H](CCC(=O)O)C(=O)N[C@@H](C)C(=O)N[C@@H](C)C(=O)N[C@@H](C)C(=O)N[C@@H](CCCCN)C(=O)N[C@@H](C)C(=O)N[C@@H](C)C(=O)N[C@@H](C)C(=O)N[C@@H](C)C(=O)N[C@H](CCCN=C(N)N)C(N)=O. The van der Waals surface area contributed by atoms with Crippen LogP contribution in [0.25, 0.3) is 0 Å². The predicted molar refractivity (Wildman–Crippen MR) is 344 cm³/mol. The number of benzene rings is 1. The van der Waals surface area contributed by atoms with E-state index in [2.05, 4.69) is 74.1 Å². The molecule has 1 saturated heterocycles. The molecule has 0 aromatic heterocycles.